The molecule has 0 heterocycles. The lowest BCUT2D eigenvalue weighted by atomic mass is 9.98. The standard InChI is InChI=1S/C14H18O4/c1-10-4-5-11(6-7-13(15)17-2)12(8-10)9-14(16)18-3/h4-5,8H,6-7,9H2,1-3H3. The maximum Gasteiger partial charge on any atom is 0.309 e. The molecule has 0 atom stereocenters. The van der Waals surface area contributed by atoms with Gasteiger partial charge in [-0.1, -0.05) is 23.8 Å². The lowest BCUT2D eigenvalue weighted by molar-refractivity contribution is -0.140. The van der Waals surface area contributed by atoms with Crippen LogP contribution in [0.2, 0.25) is 0 Å². The van der Waals surface area contributed by atoms with Gasteiger partial charge in [0.15, 0.2) is 0 Å². The van der Waals surface area contributed by atoms with Crippen molar-refractivity contribution in [2.45, 2.75) is 26.2 Å². The van der Waals surface area contributed by atoms with E-state index in [2.05, 4.69) is 9.47 Å². The second kappa shape index (κ2) is 6.79. The summed E-state index contributed by atoms with van der Waals surface area (Å²) < 4.78 is 9.27. The zero-order chi connectivity index (χ0) is 13.5. The second-order valence-electron chi connectivity index (χ2n) is 4.10. The van der Waals surface area contributed by atoms with Crippen LogP contribution in [-0.2, 0) is 31.9 Å². The lowest BCUT2D eigenvalue weighted by Crippen LogP contribution is -2.09. The minimum Gasteiger partial charge on any atom is -0.469 e. The molecule has 0 unspecified atom stereocenters. The first-order valence-electron chi connectivity index (χ1n) is 5.79. The van der Waals surface area contributed by atoms with E-state index in [4.69, 9.17) is 0 Å². The van der Waals surface area contributed by atoms with Crippen LogP contribution < -0.4 is 0 Å². The fourth-order valence-electron chi connectivity index (χ4n) is 1.73. The van der Waals surface area contributed by atoms with Crippen molar-refractivity contribution in [2.24, 2.45) is 0 Å². The third kappa shape index (κ3) is 4.20. The number of hydrogen-bond acceptors (Lipinski definition) is 4. The molecule has 0 fully saturated rings. The summed E-state index contributed by atoms with van der Waals surface area (Å²) in [5, 5.41) is 0. The third-order valence-corrected chi connectivity index (χ3v) is 2.75. The molecule has 0 saturated carbocycles. The van der Waals surface area contributed by atoms with Crippen LogP contribution in [0.3, 0.4) is 0 Å². The molecule has 98 valence electrons. The van der Waals surface area contributed by atoms with E-state index in [-0.39, 0.29) is 18.4 Å². The van der Waals surface area contributed by atoms with E-state index in [1.54, 1.807) is 0 Å². The summed E-state index contributed by atoms with van der Waals surface area (Å²) in [6.07, 6.45) is 1.11. The van der Waals surface area contributed by atoms with E-state index >= 15 is 0 Å². The quantitative estimate of drug-likeness (QED) is 0.748. The zero-order valence-corrected chi connectivity index (χ0v) is 11.0. The number of carbonyl (C=O) groups is 2. The van der Waals surface area contributed by atoms with Crippen LogP contribution in [0.5, 0.6) is 0 Å². The van der Waals surface area contributed by atoms with E-state index in [1.165, 1.54) is 14.2 Å². The Kier molecular flexibility index (Phi) is 5.36. The molecule has 1 aromatic carbocycles. The molecule has 0 aliphatic carbocycles. The molecule has 0 radical (unpaired) electrons. The molecule has 0 N–H and O–H groups in total. The van der Waals surface area contributed by atoms with Crippen molar-refractivity contribution in [3.05, 3.63) is 34.9 Å². The van der Waals surface area contributed by atoms with Crippen LogP contribution in [0.15, 0.2) is 18.2 Å². The van der Waals surface area contributed by atoms with Crippen LogP contribution in [-0.4, -0.2) is 26.2 Å². The van der Waals surface area contributed by atoms with E-state index < -0.39 is 0 Å². The summed E-state index contributed by atoms with van der Waals surface area (Å²) in [6.45, 7) is 1.96. The molecule has 1 aromatic rings. The fraction of sp³-hybridized carbons (Fsp3) is 0.429. The van der Waals surface area contributed by atoms with Crippen molar-refractivity contribution in [1.29, 1.82) is 0 Å². The Hall–Kier alpha value is -1.84. The van der Waals surface area contributed by atoms with E-state index in [0.29, 0.717) is 12.8 Å². The first kappa shape index (κ1) is 14.2. The summed E-state index contributed by atoms with van der Waals surface area (Å²) in [5.41, 5.74) is 2.97. The Morgan fingerprint density at radius 2 is 1.72 bits per heavy atom. The van der Waals surface area contributed by atoms with Gasteiger partial charge in [0.1, 0.15) is 0 Å². The van der Waals surface area contributed by atoms with Crippen LogP contribution in [0.4, 0.5) is 0 Å². The molecule has 0 aromatic heterocycles. The second-order valence-corrected chi connectivity index (χ2v) is 4.10. The molecule has 4 heteroatoms. The number of methoxy groups -OCH3 is 2. The highest BCUT2D eigenvalue weighted by atomic mass is 16.5. The number of carbonyl (C=O) groups excluding carboxylic acids is 2. The molecule has 1 rings (SSSR count). The summed E-state index contributed by atoms with van der Waals surface area (Å²) >= 11 is 0. The first-order valence-corrected chi connectivity index (χ1v) is 5.79. The molecule has 0 amide bonds. The monoisotopic (exact) mass is 250 g/mol. The maximum absolute atomic E-state index is 11.3. The van der Waals surface area contributed by atoms with Gasteiger partial charge in [0, 0.05) is 6.42 Å². The summed E-state index contributed by atoms with van der Waals surface area (Å²) in [7, 11) is 2.74. The SMILES string of the molecule is COC(=O)CCc1ccc(C)cc1CC(=O)OC. The van der Waals surface area contributed by atoms with E-state index in [9.17, 15) is 9.59 Å². The third-order valence-electron chi connectivity index (χ3n) is 2.75. The highest BCUT2D eigenvalue weighted by Crippen LogP contribution is 2.15. The highest BCUT2D eigenvalue weighted by molar-refractivity contribution is 5.73. The van der Waals surface area contributed by atoms with Gasteiger partial charge in [-0.15, -0.1) is 0 Å². The summed E-state index contributed by atoms with van der Waals surface area (Å²) in [4.78, 5) is 22.5. The largest absolute Gasteiger partial charge is 0.469 e. The van der Waals surface area contributed by atoms with Crippen molar-refractivity contribution in [3.8, 4) is 0 Å². The van der Waals surface area contributed by atoms with Crippen LogP contribution in [0, 0.1) is 6.92 Å². The van der Waals surface area contributed by atoms with Gasteiger partial charge < -0.3 is 9.47 Å². The molecule has 0 aliphatic heterocycles. The van der Waals surface area contributed by atoms with E-state index in [1.807, 2.05) is 25.1 Å². The predicted molar refractivity (Wildman–Crippen MR) is 67.2 cm³/mol. The van der Waals surface area contributed by atoms with Gasteiger partial charge in [-0.3, -0.25) is 9.59 Å². The van der Waals surface area contributed by atoms with Crippen molar-refractivity contribution in [1.82, 2.24) is 0 Å². The van der Waals surface area contributed by atoms with Gasteiger partial charge in [-0.25, -0.2) is 0 Å². The molecule has 0 bridgehead atoms. The molecule has 0 aliphatic rings. The van der Waals surface area contributed by atoms with Gasteiger partial charge in [0.25, 0.3) is 0 Å². The number of hydrogen-bond donors (Lipinski definition) is 0. The number of ether oxygens (including phenoxy) is 2. The van der Waals surface area contributed by atoms with Gasteiger partial charge in [0.05, 0.1) is 20.6 Å². The van der Waals surface area contributed by atoms with Crippen LogP contribution in [0.25, 0.3) is 0 Å². The number of aryl methyl sites for hydroxylation is 2. The van der Waals surface area contributed by atoms with Crippen LogP contribution in [0.1, 0.15) is 23.1 Å². The molecular weight excluding hydrogens is 232 g/mol. The average molecular weight is 250 g/mol. The van der Waals surface area contributed by atoms with Gasteiger partial charge in [-0.2, -0.15) is 0 Å². The van der Waals surface area contributed by atoms with E-state index in [0.717, 1.165) is 16.7 Å². The Morgan fingerprint density at radius 1 is 1.06 bits per heavy atom. The summed E-state index contributed by atoms with van der Waals surface area (Å²) in [5.74, 6) is -0.528. The van der Waals surface area contributed by atoms with Gasteiger partial charge in [-0.05, 0) is 24.5 Å². The Labute approximate surface area is 107 Å². The predicted octanol–water partition coefficient (Wildman–Crippen LogP) is 1.82. The van der Waals surface area contributed by atoms with Crippen molar-refractivity contribution in [2.75, 3.05) is 14.2 Å². The van der Waals surface area contributed by atoms with Gasteiger partial charge >= 0.3 is 11.9 Å². The Morgan fingerprint density at radius 3 is 2.33 bits per heavy atom. The number of esters is 2. The number of rotatable bonds is 5. The zero-order valence-electron chi connectivity index (χ0n) is 11.0. The van der Waals surface area contributed by atoms with Crippen molar-refractivity contribution >= 4 is 11.9 Å². The maximum atomic E-state index is 11.3. The molecule has 0 saturated heterocycles. The topological polar surface area (TPSA) is 52.6 Å². The summed E-state index contributed by atoms with van der Waals surface area (Å²) in [6, 6.07) is 5.85. The minimum absolute atomic E-state index is 0.231. The van der Waals surface area contributed by atoms with Crippen LogP contribution >= 0.6 is 0 Å². The lowest BCUT2D eigenvalue weighted by Gasteiger charge is -2.09. The number of benzene rings is 1. The molecule has 18 heavy (non-hydrogen) atoms. The fourth-order valence-corrected chi connectivity index (χ4v) is 1.73. The van der Waals surface area contributed by atoms with Gasteiger partial charge in [0.2, 0.25) is 0 Å². The Balaban J connectivity index is 2.82. The van der Waals surface area contributed by atoms with Crippen molar-refractivity contribution in [3.63, 3.8) is 0 Å². The first-order chi connectivity index (χ1) is 8.56. The molecule has 0 spiro atoms. The normalized spacial score (nSPS) is 9.94. The molecular formula is C14H18O4. The highest BCUT2D eigenvalue weighted by Gasteiger charge is 2.10. The van der Waals surface area contributed by atoms with Crippen molar-refractivity contribution < 1.29 is 19.1 Å². The smallest absolute Gasteiger partial charge is 0.309 e. The average Bonchev–Trinajstić information content (AvgIpc) is 2.37. The molecule has 4 nitrogen and oxygen atoms in total. The Bertz CT molecular complexity index is 437. The minimum atomic E-state index is -0.278.